The van der Waals surface area contributed by atoms with E-state index in [0.29, 0.717) is 11.4 Å². The molecule has 0 saturated heterocycles. The Kier molecular flexibility index (Phi) is 3.50. The summed E-state index contributed by atoms with van der Waals surface area (Å²) in [6.07, 6.45) is 6.38. The molecule has 1 aliphatic carbocycles. The van der Waals surface area contributed by atoms with Crippen LogP contribution in [0.5, 0.6) is 11.5 Å². The molecule has 1 unspecified atom stereocenters. The van der Waals surface area contributed by atoms with Gasteiger partial charge in [0.05, 0.1) is 19.3 Å². The Hall–Kier alpha value is -2.89. The quantitative estimate of drug-likeness (QED) is 0.775. The molecule has 1 atom stereocenters. The number of aryl methyl sites for hydroxylation is 1. The largest absolute Gasteiger partial charge is 0.497 e. The smallest absolute Gasteiger partial charge is 0.274 e. The number of hydrogen-bond donors (Lipinski definition) is 1. The molecule has 1 saturated carbocycles. The van der Waals surface area contributed by atoms with Gasteiger partial charge in [0, 0.05) is 49.1 Å². The lowest BCUT2D eigenvalue weighted by molar-refractivity contribution is 0.174. The Balaban J connectivity index is 1.78. The van der Waals surface area contributed by atoms with Crippen molar-refractivity contribution in [3.05, 3.63) is 40.9 Å². The van der Waals surface area contributed by atoms with Gasteiger partial charge in [-0.1, -0.05) is 0 Å². The minimum Gasteiger partial charge on any atom is -0.497 e. The van der Waals surface area contributed by atoms with Crippen molar-refractivity contribution in [2.24, 2.45) is 13.0 Å². The molecule has 0 amide bonds. The summed E-state index contributed by atoms with van der Waals surface area (Å²) in [7, 11) is 5.56. The van der Waals surface area contributed by atoms with Gasteiger partial charge in [-0.2, -0.15) is 0 Å². The first-order valence-electron chi connectivity index (χ1n) is 9.33. The van der Waals surface area contributed by atoms with E-state index in [4.69, 9.17) is 9.47 Å². The first-order valence-corrected chi connectivity index (χ1v) is 9.33. The van der Waals surface area contributed by atoms with E-state index in [9.17, 15) is 4.79 Å². The van der Waals surface area contributed by atoms with Gasteiger partial charge in [0.2, 0.25) is 0 Å². The first-order chi connectivity index (χ1) is 13.1. The fourth-order valence-electron chi connectivity index (χ4n) is 4.07. The average Bonchev–Trinajstić information content (AvgIpc) is 3.41. The maximum Gasteiger partial charge on any atom is 0.274 e. The average molecular weight is 365 g/mol. The van der Waals surface area contributed by atoms with Gasteiger partial charge in [0.25, 0.3) is 5.56 Å². The molecule has 0 radical (unpaired) electrons. The zero-order valence-electron chi connectivity index (χ0n) is 15.8. The summed E-state index contributed by atoms with van der Waals surface area (Å²) in [6.45, 7) is 0.886. The number of nitrogens with one attached hydrogen (secondary N) is 1. The van der Waals surface area contributed by atoms with Gasteiger partial charge in [-0.05, 0) is 30.9 Å². The third-order valence-corrected chi connectivity index (χ3v) is 5.74. The van der Waals surface area contributed by atoms with E-state index in [0.717, 1.165) is 40.2 Å². The summed E-state index contributed by atoms with van der Waals surface area (Å²) in [5.41, 5.74) is 3.52. The highest BCUT2D eigenvalue weighted by molar-refractivity contribution is 5.97. The van der Waals surface area contributed by atoms with Crippen molar-refractivity contribution in [2.45, 2.75) is 18.9 Å². The molecular weight excluding hydrogens is 342 g/mol. The highest BCUT2D eigenvalue weighted by Crippen LogP contribution is 2.48. The predicted octanol–water partition coefficient (Wildman–Crippen LogP) is 3.15. The van der Waals surface area contributed by atoms with Gasteiger partial charge in [-0.15, -0.1) is 0 Å². The first kappa shape index (κ1) is 16.3. The number of nitrogens with zero attached hydrogens (tertiary/aromatic N) is 2. The molecule has 2 aromatic heterocycles. The lowest BCUT2D eigenvalue weighted by atomic mass is 9.99. The fourth-order valence-corrected chi connectivity index (χ4v) is 4.07. The molecule has 27 heavy (non-hydrogen) atoms. The van der Waals surface area contributed by atoms with Gasteiger partial charge in [-0.3, -0.25) is 4.79 Å². The molecule has 0 spiro atoms. The second-order valence-electron chi connectivity index (χ2n) is 7.62. The highest BCUT2D eigenvalue weighted by atomic mass is 16.5. The topological polar surface area (TPSA) is 59.5 Å². The van der Waals surface area contributed by atoms with E-state index in [-0.39, 0.29) is 11.7 Å². The van der Waals surface area contributed by atoms with Crippen LogP contribution in [0.15, 0.2) is 35.4 Å². The van der Waals surface area contributed by atoms with Crippen molar-refractivity contribution < 1.29 is 9.47 Å². The zero-order chi connectivity index (χ0) is 18.7. The highest BCUT2D eigenvalue weighted by Gasteiger charge is 2.38. The molecule has 140 valence electrons. The number of hydrogen-bond acceptors (Lipinski definition) is 4. The predicted molar refractivity (Wildman–Crippen MR) is 106 cm³/mol. The standard InChI is InChI=1S/C21H23N3O3/c1-23-11-18(12-4-5-12)27-20-15(8-13(26-3)9-17(20)23)16-10-24(2)21(25)19-14(16)6-7-22-19/h6-10,12,18,22H,4-5,11H2,1-3H3. The Morgan fingerprint density at radius 3 is 2.78 bits per heavy atom. The van der Waals surface area contributed by atoms with Gasteiger partial charge >= 0.3 is 0 Å². The number of methoxy groups -OCH3 is 1. The normalized spacial score (nSPS) is 19.1. The summed E-state index contributed by atoms with van der Waals surface area (Å²) in [5, 5.41) is 0.897. The monoisotopic (exact) mass is 365 g/mol. The van der Waals surface area contributed by atoms with Crippen molar-refractivity contribution in [2.75, 3.05) is 25.6 Å². The molecule has 1 fully saturated rings. The summed E-state index contributed by atoms with van der Waals surface area (Å²) >= 11 is 0. The number of H-pyrrole nitrogens is 1. The maximum absolute atomic E-state index is 12.5. The summed E-state index contributed by atoms with van der Waals surface area (Å²) in [5.74, 6) is 2.30. The Bertz CT molecular complexity index is 1090. The van der Waals surface area contributed by atoms with Crippen LogP contribution in [0.3, 0.4) is 0 Å². The van der Waals surface area contributed by atoms with Crippen molar-refractivity contribution >= 4 is 16.6 Å². The number of anilines is 1. The van der Waals surface area contributed by atoms with Gasteiger partial charge < -0.3 is 23.9 Å². The lowest BCUT2D eigenvalue weighted by Gasteiger charge is -2.35. The number of aromatic amines is 1. The number of benzene rings is 1. The van der Waals surface area contributed by atoms with Crippen LogP contribution in [0.1, 0.15) is 12.8 Å². The fraction of sp³-hybridized carbons (Fsp3) is 0.381. The van der Waals surface area contributed by atoms with E-state index in [1.807, 2.05) is 30.6 Å². The second kappa shape index (κ2) is 5.81. The van der Waals surface area contributed by atoms with Gasteiger partial charge in [0.15, 0.2) is 5.75 Å². The van der Waals surface area contributed by atoms with E-state index < -0.39 is 0 Å². The molecular formula is C21H23N3O3. The van der Waals surface area contributed by atoms with Crippen LogP contribution >= 0.6 is 0 Å². The molecule has 5 rings (SSSR count). The number of pyridine rings is 1. The van der Waals surface area contributed by atoms with E-state index >= 15 is 0 Å². The third kappa shape index (κ3) is 2.51. The molecule has 0 bridgehead atoms. The minimum atomic E-state index is -0.0376. The molecule has 1 aliphatic heterocycles. The molecule has 1 N–H and O–H groups in total. The Morgan fingerprint density at radius 2 is 2.04 bits per heavy atom. The van der Waals surface area contributed by atoms with Crippen LogP contribution in [-0.4, -0.2) is 36.4 Å². The zero-order valence-corrected chi connectivity index (χ0v) is 15.8. The summed E-state index contributed by atoms with van der Waals surface area (Å²) in [6, 6.07) is 5.98. The van der Waals surface area contributed by atoms with Crippen LogP contribution in [-0.2, 0) is 7.05 Å². The molecule has 2 aliphatic rings. The Labute approximate surface area is 157 Å². The van der Waals surface area contributed by atoms with Gasteiger partial charge in [0.1, 0.15) is 17.4 Å². The molecule has 3 heterocycles. The summed E-state index contributed by atoms with van der Waals surface area (Å²) < 4.78 is 13.7. The van der Waals surface area contributed by atoms with Crippen molar-refractivity contribution in [3.63, 3.8) is 0 Å². The van der Waals surface area contributed by atoms with Crippen molar-refractivity contribution in [1.82, 2.24) is 9.55 Å². The van der Waals surface area contributed by atoms with Gasteiger partial charge in [-0.25, -0.2) is 0 Å². The maximum atomic E-state index is 12.5. The molecule has 6 heteroatoms. The number of aromatic nitrogens is 2. The van der Waals surface area contributed by atoms with Crippen LogP contribution in [0.4, 0.5) is 5.69 Å². The number of likely N-dealkylation sites (N-methyl/N-ethyl adjacent to an activating group) is 1. The minimum absolute atomic E-state index is 0.0376. The van der Waals surface area contributed by atoms with Crippen LogP contribution in [0.2, 0.25) is 0 Å². The van der Waals surface area contributed by atoms with E-state index in [1.54, 1.807) is 18.7 Å². The number of fused-ring (bicyclic) bond motifs is 2. The summed E-state index contributed by atoms with van der Waals surface area (Å²) in [4.78, 5) is 17.8. The molecule has 1 aromatic carbocycles. The van der Waals surface area contributed by atoms with E-state index in [2.05, 4.69) is 16.9 Å². The molecule has 6 nitrogen and oxygen atoms in total. The number of ether oxygens (including phenoxy) is 2. The van der Waals surface area contributed by atoms with Crippen molar-refractivity contribution in [1.29, 1.82) is 0 Å². The van der Waals surface area contributed by atoms with Crippen LogP contribution in [0.25, 0.3) is 22.0 Å². The third-order valence-electron chi connectivity index (χ3n) is 5.74. The second-order valence-corrected chi connectivity index (χ2v) is 7.62. The van der Waals surface area contributed by atoms with E-state index in [1.165, 1.54) is 12.8 Å². The van der Waals surface area contributed by atoms with Crippen LogP contribution < -0.4 is 19.9 Å². The number of rotatable bonds is 3. The van der Waals surface area contributed by atoms with Crippen LogP contribution in [0, 0.1) is 5.92 Å². The Morgan fingerprint density at radius 1 is 1.22 bits per heavy atom. The SMILES string of the molecule is COc1cc(-c2cn(C)c(=O)c3[nH]ccc23)c2c(c1)N(C)CC(C1CC1)O2. The van der Waals surface area contributed by atoms with Crippen molar-refractivity contribution in [3.8, 4) is 22.6 Å². The molecule has 3 aromatic rings. The lowest BCUT2D eigenvalue weighted by Crippen LogP contribution is -2.39.